The van der Waals surface area contributed by atoms with Crippen LogP contribution in [0.5, 0.6) is 5.75 Å². The molecule has 0 bridgehead atoms. The highest BCUT2D eigenvalue weighted by molar-refractivity contribution is 5.92. The van der Waals surface area contributed by atoms with E-state index in [1.165, 1.54) is 0 Å². The summed E-state index contributed by atoms with van der Waals surface area (Å²) < 4.78 is 15.4. The quantitative estimate of drug-likeness (QED) is 0.414. The van der Waals surface area contributed by atoms with Gasteiger partial charge >= 0.3 is 18.0 Å². The molecule has 0 saturated carbocycles. The van der Waals surface area contributed by atoms with Gasteiger partial charge in [0.15, 0.2) is 19.0 Å². The molecular formula is C25H23NO8. The van der Waals surface area contributed by atoms with Gasteiger partial charge in [0, 0.05) is 5.39 Å². The molecule has 0 aliphatic carbocycles. The summed E-state index contributed by atoms with van der Waals surface area (Å²) in [5.41, 5.74) is 0.721. The number of carboxylic acids is 1. The largest absolute Gasteiger partial charge is 0.481 e. The van der Waals surface area contributed by atoms with Crippen LogP contribution in [0.4, 0.5) is 4.79 Å². The van der Waals surface area contributed by atoms with Gasteiger partial charge in [-0.3, -0.25) is 9.59 Å². The van der Waals surface area contributed by atoms with Gasteiger partial charge in [-0.25, -0.2) is 9.59 Å². The molecular weight excluding hydrogens is 442 g/mol. The second-order valence-corrected chi connectivity index (χ2v) is 7.25. The lowest BCUT2D eigenvalue weighted by molar-refractivity contribution is -0.150. The van der Waals surface area contributed by atoms with Crippen LogP contribution in [-0.2, 0) is 30.5 Å². The number of carbonyl (C=O) groups excluding carboxylic acids is 3. The number of ketones is 1. The summed E-state index contributed by atoms with van der Waals surface area (Å²) in [5.74, 6) is -2.44. The van der Waals surface area contributed by atoms with Gasteiger partial charge in [-0.15, -0.1) is 0 Å². The lowest BCUT2D eigenvalue weighted by atomic mass is 10.1. The zero-order valence-corrected chi connectivity index (χ0v) is 18.1. The van der Waals surface area contributed by atoms with Crippen molar-refractivity contribution in [3.63, 3.8) is 0 Å². The third-order valence-electron chi connectivity index (χ3n) is 4.74. The van der Waals surface area contributed by atoms with E-state index in [0.29, 0.717) is 5.75 Å². The van der Waals surface area contributed by atoms with E-state index in [1.807, 2.05) is 30.3 Å². The van der Waals surface area contributed by atoms with Crippen molar-refractivity contribution in [1.82, 2.24) is 5.32 Å². The number of benzene rings is 3. The summed E-state index contributed by atoms with van der Waals surface area (Å²) in [7, 11) is 0. The number of rotatable bonds is 11. The molecule has 9 nitrogen and oxygen atoms in total. The van der Waals surface area contributed by atoms with Crippen LogP contribution in [0.1, 0.15) is 12.0 Å². The van der Waals surface area contributed by atoms with Crippen LogP contribution < -0.4 is 10.1 Å². The number of nitrogens with one attached hydrogen (secondary N) is 1. The second kappa shape index (κ2) is 12.0. The molecule has 3 aromatic rings. The number of amides is 1. The molecule has 3 rings (SSSR count). The van der Waals surface area contributed by atoms with Crippen LogP contribution in [0.3, 0.4) is 0 Å². The predicted octanol–water partition coefficient (Wildman–Crippen LogP) is 3.10. The number of hydrogen-bond donors (Lipinski definition) is 2. The highest BCUT2D eigenvalue weighted by Crippen LogP contribution is 2.25. The van der Waals surface area contributed by atoms with Gasteiger partial charge in [0.2, 0.25) is 0 Å². The van der Waals surface area contributed by atoms with Crippen molar-refractivity contribution < 1.29 is 38.5 Å². The molecule has 34 heavy (non-hydrogen) atoms. The minimum atomic E-state index is -1.42. The SMILES string of the molecule is O=C(O)CC(NC(=O)OCc1ccccc1)C(=O)COC(=O)COc1cccc2ccccc12. The Kier molecular flexibility index (Phi) is 8.56. The molecule has 0 heterocycles. The van der Waals surface area contributed by atoms with Gasteiger partial charge in [-0.2, -0.15) is 0 Å². The van der Waals surface area contributed by atoms with E-state index in [9.17, 15) is 19.2 Å². The fourth-order valence-electron chi connectivity index (χ4n) is 3.08. The fraction of sp³-hybridized carbons (Fsp3) is 0.200. The maximum absolute atomic E-state index is 12.4. The number of Topliss-reactive ketones (excluding diaryl/α,β-unsaturated/α-hetero) is 1. The van der Waals surface area contributed by atoms with Crippen molar-refractivity contribution >= 4 is 34.6 Å². The maximum atomic E-state index is 12.4. The van der Waals surface area contributed by atoms with E-state index in [4.69, 9.17) is 19.3 Å². The third-order valence-corrected chi connectivity index (χ3v) is 4.74. The van der Waals surface area contributed by atoms with Crippen LogP contribution in [0, 0.1) is 0 Å². The van der Waals surface area contributed by atoms with Crippen LogP contribution in [0.2, 0.25) is 0 Å². The van der Waals surface area contributed by atoms with Crippen LogP contribution in [0.15, 0.2) is 72.8 Å². The minimum absolute atomic E-state index is 0.0544. The van der Waals surface area contributed by atoms with E-state index in [-0.39, 0.29) is 6.61 Å². The van der Waals surface area contributed by atoms with Crippen LogP contribution in [-0.4, -0.2) is 48.2 Å². The van der Waals surface area contributed by atoms with Crippen LogP contribution in [0.25, 0.3) is 10.8 Å². The fourth-order valence-corrected chi connectivity index (χ4v) is 3.08. The zero-order valence-electron chi connectivity index (χ0n) is 18.1. The predicted molar refractivity (Wildman–Crippen MR) is 121 cm³/mol. The normalized spacial score (nSPS) is 11.3. The molecule has 0 spiro atoms. The summed E-state index contributed by atoms with van der Waals surface area (Å²) in [6, 6.07) is 20.3. The smallest absolute Gasteiger partial charge is 0.408 e. The van der Waals surface area contributed by atoms with Crippen molar-refractivity contribution in [1.29, 1.82) is 0 Å². The summed E-state index contributed by atoms with van der Waals surface area (Å²) in [6.07, 6.45) is -1.65. The number of fused-ring (bicyclic) bond motifs is 1. The van der Waals surface area contributed by atoms with Gasteiger partial charge < -0.3 is 24.6 Å². The van der Waals surface area contributed by atoms with E-state index in [2.05, 4.69) is 5.32 Å². The van der Waals surface area contributed by atoms with Crippen molar-refractivity contribution in [2.24, 2.45) is 0 Å². The number of aliphatic carboxylic acids is 1. The van der Waals surface area contributed by atoms with Gasteiger partial charge in [0.05, 0.1) is 6.42 Å². The molecule has 3 aromatic carbocycles. The first kappa shape index (κ1) is 24.2. The molecule has 0 saturated heterocycles. The highest BCUT2D eigenvalue weighted by Gasteiger charge is 2.25. The standard InChI is InChI=1S/C25H23NO8/c27-21(20(13-23(28)29)26-25(31)34-14-17-7-2-1-3-8-17)15-33-24(30)16-32-22-12-6-10-18-9-4-5-11-19(18)22/h1-12,20H,13-16H2,(H,26,31)(H,28,29). The van der Waals surface area contributed by atoms with Crippen molar-refractivity contribution in [3.8, 4) is 5.75 Å². The first-order chi connectivity index (χ1) is 16.4. The van der Waals surface area contributed by atoms with Gasteiger partial charge in [-0.1, -0.05) is 66.7 Å². The van der Waals surface area contributed by atoms with Gasteiger partial charge in [-0.05, 0) is 17.0 Å². The van der Waals surface area contributed by atoms with E-state index in [0.717, 1.165) is 16.3 Å². The molecule has 0 radical (unpaired) electrons. The lowest BCUT2D eigenvalue weighted by Gasteiger charge is -2.16. The zero-order chi connectivity index (χ0) is 24.3. The lowest BCUT2D eigenvalue weighted by Crippen LogP contribution is -2.44. The van der Waals surface area contributed by atoms with Crippen LogP contribution >= 0.6 is 0 Å². The van der Waals surface area contributed by atoms with Crippen molar-refractivity contribution in [3.05, 3.63) is 78.4 Å². The Hall–Kier alpha value is -4.40. The second-order valence-electron chi connectivity index (χ2n) is 7.25. The Morgan fingerprint density at radius 2 is 1.53 bits per heavy atom. The maximum Gasteiger partial charge on any atom is 0.408 e. The molecule has 0 fully saturated rings. The average molecular weight is 465 g/mol. The Morgan fingerprint density at radius 1 is 0.824 bits per heavy atom. The highest BCUT2D eigenvalue weighted by atomic mass is 16.6. The van der Waals surface area contributed by atoms with Crippen molar-refractivity contribution in [2.75, 3.05) is 13.2 Å². The Morgan fingerprint density at radius 3 is 2.29 bits per heavy atom. The summed E-state index contributed by atoms with van der Waals surface area (Å²) in [4.78, 5) is 47.6. The molecule has 176 valence electrons. The van der Waals surface area contributed by atoms with E-state index < -0.39 is 49.5 Å². The van der Waals surface area contributed by atoms with E-state index in [1.54, 1.807) is 42.5 Å². The Balaban J connectivity index is 1.48. The average Bonchev–Trinajstić information content (AvgIpc) is 2.84. The van der Waals surface area contributed by atoms with Gasteiger partial charge in [0.1, 0.15) is 18.4 Å². The van der Waals surface area contributed by atoms with Crippen molar-refractivity contribution in [2.45, 2.75) is 19.1 Å². The number of alkyl carbamates (subject to hydrolysis) is 1. The molecule has 0 aliphatic heterocycles. The third kappa shape index (κ3) is 7.33. The number of hydrogen-bond acceptors (Lipinski definition) is 7. The molecule has 1 unspecified atom stereocenters. The Labute approximate surface area is 195 Å². The summed E-state index contributed by atoms with van der Waals surface area (Å²) >= 11 is 0. The molecule has 9 heteroatoms. The topological polar surface area (TPSA) is 128 Å². The molecule has 1 atom stereocenters. The summed E-state index contributed by atoms with van der Waals surface area (Å²) in [5, 5.41) is 13.0. The summed E-state index contributed by atoms with van der Waals surface area (Å²) in [6.45, 7) is -1.23. The number of carbonyl (C=O) groups is 4. The van der Waals surface area contributed by atoms with E-state index >= 15 is 0 Å². The first-order valence-electron chi connectivity index (χ1n) is 10.4. The number of ether oxygens (including phenoxy) is 3. The molecule has 0 aromatic heterocycles. The minimum Gasteiger partial charge on any atom is -0.481 e. The number of carboxylic acid groups (broad SMARTS) is 1. The molecule has 0 aliphatic rings. The number of esters is 1. The Bertz CT molecular complexity index is 1160. The first-order valence-corrected chi connectivity index (χ1v) is 10.4. The monoisotopic (exact) mass is 465 g/mol. The molecule has 2 N–H and O–H groups in total. The molecule has 1 amide bonds. The van der Waals surface area contributed by atoms with Gasteiger partial charge in [0.25, 0.3) is 0 Å².